The van der Waals surface area contributed by atoms with Crippen LogP contribution in [0.15, 0.2) is 46.9 Å². The van der Waals surface area contributed by atoms with Crippen molar-refractivity contribution in [2.45, 2.75) is 19.8 Å². The smallest absolute Gasteiger partial charge is 0.251 e. The fourth-order valence-corrected chi connectivity index (χ4v) is 2.55. The second-order valence-corrected chi connectivity index (χ2v) is 5.00. The standard InChI is InChI=1S/C17H17NO2/c1-13-8-9-15(20-13)10-11-17(19)18-12-4-6-14-5-2-3-7-16(14)18/h2-3,5,7-11H,4,6,12H2,1H3/b11-10+. The summed E-state index contributed by atoms with van der Waals surface area (Å²) in [7, 11) is 0. The zero-order valence-corrected chi connectivity index (χ0v) is 11.5. The van der Waals surface area contributed by atoms with Crippen molar-refractivity contribution in [1.29, 1.82) is 0 Å². The number of aryl methyl sites for hydroxylation is 2. The van der Waals surface area contributed by atoms with Crippen LogP contribution in [0.25, 0.3) is 6.08 Å². The summed E-state index contributed by atoms with van der Waals surface area (Å²) in [4.78, 5) is 14.2. The van der Waals surface area contributed by atoms with E-state index in [4.69, 9.17) is 4.42 Å². The molecule has 102 valence electrons. The maximum absolute atomic E-state index is 12.3. The van der Waals surface area contributed by atoms with Gasteiger partial charge >= 0.3 is 0 Å². The SMILES string of the molecule is Cc1ccc(/C=C/C(=O)N2CCCc3ccccc32)o1. The molecule has 1 aliphatic rings. The van der Waals surface area contributed by atoms with Crippen molar-refractivity contribution in [1.82, 2.24) is 0 Å². The molecule has 1 aromatic heterocycles. The second kappa shape index (κ2) is 5.37. The van der Waals surface area contributed by atoms with Gasteiger partial charge in [0.05, 0.1) is 0 Å². The molecule has 0 atom stereocenters. The summed E-state index contributed by atoms with van der Waals surface area (Å²) in [6.07, 6.45) is 5.37. The van der Waals surface area contributed by atoms with E-state index in [-0.39, 0.29) is 5.91 Å². The predicted molar refractivity (Wildman–Crippen MR) is 79.6 cm³/mol. The van der Waals surface area contributed by atoms with Crippen LogP contribution in [0.1, 0.15) is 23.5 Å². The summed E-state index contributed by atoms with van der Waals surface area (Å²) in [5.74, 6) is 1.56. The molecule has 2 heterocycles. The molecular formula is C17H17NO2. The Morgan fingerprint density at radius 2 is 2.10 bits per heavy atom. The van der Waals surface area contributed by atoms with Gasteiger partial charge in [-0.05, 0) is 49.6 Å². The van der Waals surface area contributed by atoms with Crippen LogP contribution >= 0.6 is 0 Å². The fourth-order valence-electron chi connectivity index (χ4n) is 2.55. The minimum absolute atomic E-state index is 0.00574. The summed E-state index contributed by atoms with van der Waals surface area (Å²) >= 11 is 0. The van der Waals surface area contributed by atoms with E-state index in [1.54, 1.807) is 12.2 Å². The molecule has 3 heteroatoms. The van der Waals surface area contributed by atoms with E-state index < -0.39 is 0 Å². The third-order valence-electron chi connectivity index (χ3n) is 3.53. The molecule has 0 saturated carbocycles. The lowest BCUT2D eigenvalue weighted by Gasteiger charge is -2.28. The van der Waals surface area contributed by atoms with E-state index in [1.807, 2.05) is 42.2 Å². The maximum Gasteiger partial charge on any atom is 0.251 e. The van der Waals surface area contributed by atoms with Crippen LogP contribution < -0.4 is 4.90 Å². The minimum atomic E-state index is 0.00574. The van der Waals surface area contributed by atoms with Crippen LogP contribution in [0.4, 0.5) is 5.69 Å². The number of amides is 1. The first-order valence-electron chi connectivity index (χ1n) is 6.88. The Kier molecular flexibility index (Phi) is 3.42. The third kappa shape index (κ3) is 2.52. The normalized spacial score (nSPS) is 14.6. The van der Waals surface area contributed by atoms with Gasteiger partial charge in [0.25, 0.3) is 5.91 Å². The lowest BCUT2D eigenvalue weighted by molar-refractivity contribution is -0.114. The number of fused-ring (bicyclic) bond motifs is 1. The number of hydrogen-bond donors (Lipinski definition) is 0. The van der Waals surface area contributed by atoms with Gasteiger partial charge in [-0.1, -0.05) is 18.2 Å². The Bertz CT molecular complexity index is 655. The summed E-state index contributed by atoms with van der Waals surface area (Å²) in [5.41, 5.74) is 2.28. The summed E-state index contributed by atoms with van der Waals surface area (Å²) in [5, 5.41) is 0. The molecule has 1 aliphatic heterocycles. The number of rotatable bonds is 2. The van der Waals surface area contributed by atoms with E-state index in [9.17, 15) is 4.79 Å². The molecule has 2 aromatic rings. The van der Waals surface area contributed by atoms with Crippen molar-refractivity contribution in [3.63, 3.8) is 0 Å². The van der Waals surface area contributed by atoms with Gasteiger partial charge < -0.3 is 9.32 Å². The number of nitrogens with zero attached hydrogens (tertiary/aromatic N) is 1. The lowest BCUT2D eigenvalue weighted by Crippen LogP contribution is -2.34. The van der Waals surface area contributed by atoms with E-state index in [0.717, 1.165) is 30.8 Å². The van der Waals surface area contributed by atoms with Crippen molar-refractivity contribution < 1.29 is 9.21 Å². The molecule has 0 N–H and O–H groups in total. The largest absolute Gasteiger partial charge is 0.462 e. The van der Waals surface area contributed by atoms with Crippen LogP contribution in [0, 0.1) is 6.92 Å². The Morgan fingerprint density at radius 1 is 1.25 bits per heavy atom. The Balaban J connectivity index is 1.80. The average Bonchev–Trinajstić information content (AvgIpc) is 2.90. The molecule has 0 saturated heterocycles. The van der Waals surface area contributed by atoms with Gasteiger partial charge in [-0.3, -0.25) is 4.79 Å². The molecular weight excluding hydrogens is 250 g/mol. The molecule has 1 amide bonds. The number of para-hydroxylation sites is 1. The summed E-state index contributed by atoms with van der Waals surface area (Å²) in [6.45, 7) is 2.66. The first kappa shape index (κ1) is 12.7. The zero-order chi connectivity index (χ0) is 13.9. The highest BCUT2D eigenvalue weighted by Crippen LogP contribution is 2.26. The molecule has 0 spiro atoms. The lowest BCUT2D eigenvalue weighted by atomic mass is 10.0. The van der Waals surface area contributed by atoms with E-state index in [1.165, 1.54) is 5.56 Å². The molecule has 0 unspecified atom stereocenters. The van der Waals surface area contributed by atoms with Crippen LogP contribution in [-0.2, 0) is 11.2 Å². The number of anilines is 1. The highest BCUT2D eigenvalue weighted by atomic mass is 16.3. The van der Waals surface area contributed by atoms with Crippen LogP contribution in [0.3, 0.4) is 0 Å². The Morgan fingerprint density at radius 3 is 2.90 bits per heavy atom. The third-order valence-corrected chi connectivity index (χ3v) is 3.53. The molecule has 0 aliphatic carbocycles. The van der Waals surface area contributed by atoms with E-state index in [2.05, 4.69) is 6.07 Å². The fraction of sp³-hybridized carbons (Fsp3) is 0.235. The molecule has 20 heavy (non-hydrogen) atoms. The Labute approximate surface area is 118 Å². The minimum Gasteiger partial charge on any atom is -0.462 e. The first-order valence-corrected chi connectivity index (χ1v) is 6.88. The molecule has 0 bridgehead atoms. The van der Waals surface area contributed by atoms with Gasteiger partial charge in [0.2, 0.25) is 0 Å². The van der Waals surface area contributed by atoms with Gasteiger partial charge in [-0.15, -0.1) is 0 Å². The first-order chi connectivity index (χ1) is 9.74. The highest BCUT2D eigenvalue weighted by Gasteiger charge is 2.20. The number of furan rings is 1. The zero-order valence-electron chi connectivity index (χ0n) is 11.5. The highest BCUT2D eigenvalue weighted by molar-refractivity contribution is 6.04. The molecule has 0 fully saturated rings. The molecule has 0 radical (unpaired) electrons. The van der Waals surface area contributed by atoms with Crippen molar-refractivity contribution in [2.24, 2.45) is 0 Å². The van der Waals surface area contributed by atoms with Gasteiger partial charge in [0.1, 0.15) is 11.5 Å². The van der Waals surface area contributed by atoms with Gasteiger partial charge in [-0.2, -0.15) is 0 Å². The topological polar surface area (TPSA) is 33.5 Å². The quantitative estimate of drug-likeness (QED) is 0.779. The van der Waals surface area contributed by atoms with Crippen molar-refractivity contribution in [3.8, 4) is 0 Å². The Hall–Kier alpha value is -2.29. The van der Waals surface area contributed by atoms with Crippen LogP contribution in [0.2, 0.25) is 0 Å². The van der Waals surface area contributed by atoms with E-state index >= 15 is 0 Å². The summed E-state index contributed by atoms with van der Waals surface area (Å²) < 4.78 is 5.43. The molecule has 1 aromatic carbocycles. The summed E-state index contributed by atoms with van der Waals surface area (Å²) in [6, 6.07) is 11.9. The van der Waals surface area contributed by atoms with Crippen molar-refractivity contribution in [2.75, 3.05) is 11.4 Å². The second-order valence-electron chi connectivity index (χ2n) is 5.00. The number of benzene rings is 1. The number of carbonyl (C=O) groups is 1. The molecule has 3 rings (SSSR count). The van der Waals surface area contributed by atoms with Gasteiger partial charge in [0, 0.05) is 18.3 Å². The van der Waals surface area contributed by atoms with Crippen LogP contribution in [0.5, 0.6) is 0 Å². The van der Waals surface area contributed by atoms with Gasteiger partial charge in [-0.25, -0.2) is 0 Å². The predicted octanol–water partition coefficient (Wildman–Crippen LogP) is 3.58. The van der Waals surface area contributed by atoms with E-state index in [0.29, 0.717) is 5.76 Å². The monoisotopic (exact) mass is 267 g/mol. The maximum atomic E-state index is 12.3. The van der Waals surface area contributed by atoms with Crippen molar-refractivity contribution >= 4 is 17.7 Å². The number of carbonyl (C=O) groups excluding carboxylic acids is 1. The van der Waals surface area contributed by atoms with Crippen molar-refractivity contribution in [3.05, 3.63) is 59.6 Å². The van der Waals surface area contributed by atoms with Gasteiger partial charge in [0.15, 0.2) is 0 Å². The average molecular weight is 267 g/mol. The molecule has 3 nitrogen and oxygen atoms in total. The number of hydrogen-bond acceptors (Lipinski definition) is 2. The van der Waals surface area contributed by atoms with Crippen LogP contribution in [-0.4, -0.2) is 12.5 Å².